The number of fused-ring (bicyclic) bond motifs is 1. The Hall–Kier alpha value is -3.43. The van der Waals surface area contributed by atoms with Gasteiger partial charge in [-0.2, -0.15) is 0 Å². The summed E-state index contributed by atoms with van der Waals surface area (Å²) in [6.07, 6.45) is 3.77. The predicted molar refractivity (Wildman–Crippen MR) is 129 cm³/mol. The van der Waals surface area contributed by atoms with Gasteiger partial charge >= 0.3 is 0 Å². The van der Waals surface area contributed by atoms with Crippen molar-refractivity contribution in [1.29, 1.82) is 0 Å². The molecule has 0 aromatic heterocycles. The van der Waals surface area contributed by atoms with Crippen LogP contribution in [0.4, 0.5) is 0 Å². The molecule has 190 valence electrons. The summed E-state index contributed by atoms with van der Waals surface area (Å²) in [6.45, 7) is 2.39. The Bertz CT molecular complexity index is 1150. The molecule has 2 aromatic carbocycles. The average Bonchev–Trinajstić information content (AvgIpc) is 3.66. The number of methoxy groups -OCH3 is 1. The number of carbonyl (C=O) groups is 3. The van der Waals surface area contributed by atoms with E-state index in [1.807, 2.05) is 18.2 Å². The van der Waals surface area contributed by atoms with Crippen LogP contribution < -0.4 is 14.8 Å². The number of ether oxygens (including phenoxy) is 4. The molecule has 0 radical (unpaired) electrons. The van der Waals surface area contributed by atoms with E-state index in [2.05, 4.69) is 5.32 Å². The van der Waals surface area contributed by atoms with Crippen LogP contribution in [0.3, 0.4) is 0 Å². The molecule has 2 unspecified atom stereocenters. The lowest BCUT2D eigenvalue weighted by Gasteiger charge is -2.17. The van der Waals surface area contributed by atoms with Gasteiger partial charge in [-0.3, -0.25) is 19.3 Å². The molecule has 9 heteroatoms. The first-order valence-corrected chi connectivity index (χ1v) is 12.3. The molecular formula is C27H30N2O7. The highest BCUT2D eigenvalue weighted by Gasteiger charge is 2.38. The van der Waals surface area contributed by atoms with Gasteiger partial charge in [0.25, 0.3) is 17.7 Å². The van der Waals surface area contributed by atoms with Crippen LogP contribution in [0.25, 0.3) is 0 Å². The molecule has 0 spiro atoms. The first-order valence-electron chi connectivity index (χ1n) is 12.3. The molecule has 1 N–H and O–H groups in total. The minimum Gasteiger partial charge on any atom is -0.493 e. The number of rotatable bonds is 9. The number of nitrogens with one attached hydrogen (secondary N) is 1. The Morgan fingerprint density at radius 3 is 2.44 bits per heavy atom. The molecule has 3 aliphatic rings. The molecule has 2 saturated heterocycles. The van der Waals surface area contributed by atoms with E-state index in [-0.39, 0.29) is 48.6 Å². The molecule has 3 amide bonds. The lowest BCUT2D eigenvalue weighted by molar-refractivity contribution is 0.0475. The minimum atomic E-state index is -0.386. The maximum atomic E-state index is 12.9. The molecule has 36 heavy (non-hydrogen) atoms. The standard InChI is InChI=1S/C27H30N2O7/c1-33-24-12-17(6-9-23(24)36-16-20-5-3-11-35-20)14-28-25(30)18-7-8-21-22(13-18)27(32)29(26(21)31)15-19-4-2-10-34-19/h6-9,12-13,19-20H,2-5,10-11,14-16H2,1H3,(H,28,30). The molecule has 3 heterocycles. The van der Waals surface area contributed by atoms with Crippen molar-refractivity contribution in [2.45, 2.75) is 44.4 Å². The number of nitrogens with zero attached hydrogens (tertiary/aromatic N) is 1. The van der Waals surface area contributed by atoms with Gasteiger partial charge in [0.15, 0.2) is 11.5 Å². The van der Waals surface area contributed by atoms with Gasteiger partial charge in [-0.05, 0) is 61.6 Å². The molecule has 9 nitrogen and oxygen atoms in total. The van der Waals surface area contributed by atoms with Crippen LogP contribution in [-0.4, -0.2) is 68.3 Å². The van der Waals surface area contributed by atoms with Crippen LogP contribution in [0.1, 0.15) is 62.3 Å². The van der Waals surface area contributed by atoms with Gasteiger partial charge in [0, 0.05) is 25.3 Å². The van der Waals surface area contributed by atoms with Crippen LogP contribution in [0.5, 0.6) is 11.5 Å². The van der Waals surface area contributed by atoms with E-state index in [0.29, 0.717) is 35.8 Å². The van der Waals surface area contributed by atoms with Crippen LogP contribution in [0.15, 0.2) is 36.4 Å². The van der Waals surface area contributed by atoms with Gasteiger partial charge in [-0.25, -0.2) is 0 Å². The summed E-state index contributed by atoms with van der Waals surface area (Å²) in [5, 5.41) is 2.86. The first-order chi connectivity index (χ1) is 17.5. The van der Waals surface area contributed by atoms with E-state index in [1.54, 1.807) is 19.2 Å². The van der Waals surface area contributed by atoms with Crippen molar-refractivity contribution in [3.8, 4) is 11.5 Å². The highest BCUT2D eigenvalue weighted by atomic mass is 16.5. The van der Waals surface area contributed by atoms with Crippen LogP contribution in [0, 0.1) is 0 Å². The summed E-state index contributed by atoms with van der Waals surface area (Å²) in [5.74, 6) is 0.133. The van der Waals surface area contributed by atoms with Gasteiger partial charge in [0.05, 0.1) is 37.0 Å². The Kier molecular flexibility index (Phi) is 7.20. The second kappa shape index (κ2) is 10.7. The fourth-order valence-corrected chi connectivity index (χ4v) is 4.77. The molecule has 2 fully saturated rings. The van der Waals surface area contributed by atoms with Crippen LogP contribution in [0.2, 0.25) is 0 Å². The topological polar surface area (TPSA) is 103 Å². The molecule has 0 bridgehead atoms. The zero-order valence-corrected chi connectivity index (χ0v) is 20.3. The number of imide groups is 1. The number of benzene rings is 2. The van der Waals surface area contributed by atoms with Gasteiger partial charge in [0.2, 0.25) is 0 Å². The average molecular weight is 495 g/mol. The summed E-state index contributed by atoms with van der Waals surface area (Å²) in [5.41, 5.74) is 1.72. The van der Waals surface area contributed by atoms with Gasteiger partial charge < -0.3 is 24.3 Å². The maximum Gasteiger partial charge on any atom is 0.261 e. The van der Waals surface area contributed by atoms with Crippen molar-refractivity contribution in [2.75, 3.05) is 33.5 Å². The zero-order valence-electron chi connectivity index (χ0n) is 20.3. The first kappa shape index (κ1) is 24.3. The zero-order chi connectivity index (χ0) is 25.1. The SMILES string of the molecule is COc1cc(CNC(=O)c2ccc3c(c2)C(=O)N(CC2CCCO2)C3=O)ccc1OCC1CCCO1. The smallest absolute Gasteiger partial charge is 0.261 e. The maximum absolute atomic E-state index is 12.9. The summed E-state index contributed by atoms with van der Waals surface area (Å²) in [7, 11) is 1.57. The third-order valence-electron chi connectivity index (χ3n) is 6.77. The molecule has 5 rings (SSSR count). The van der Waals surface area contributed by atoms with E-state index < -0.39 is 0 Å². The van der Waals surface area contributed by atoms with Crippen LogP contribution >= 0.6 is 0 Å². The highest BCUT2D eigenvalue weighted by Crippen LogP contribution is 2.29. The van der Waals surface area contributed by atoms with Crippen molar-refractivity contribution >= 4 is 17.7 Å². The van der Waals surface area contributed by atoms with Crippen molar-refractivity contribution < 1.29 is 33.3 Å². The van der Waals surface area contributed by atoms with Gasteiger partial charge in [0.1, 0.15) is 6.61 Å². The summed E-state index contributed by atoms with van der Waals surface area (Å²) < 4.78 is 22.5. The van der Waals surface area contributed by atoms with E-state index in [0.717, 1.165) is 37.9 Å². The number of amides is 3. The third-order valence-corrected chi connectivity index (χ3v) is 6.77. The molecule has 0 saturated carbocycles. The van der Waals surface area contributed by atoms with E-state index >= 15 is 0 Å². The fourth-order valence-electron chi connectivity index (χ4n) is 4.77. The van der Waals surface area contributed by atoms with Crippen molar-refractivity contribution in [3.05, 3.63) is 58.7 Å². The van der Waals surface area contributed by atoms with Gasteiger partial charge in [-0.15, -0.1) is 0 Å². The Morgan fingerprint density at radius 2 is 1.72 bits per heavy atom. The van der Waals surface area contributed by atoms with E-state index in [4.69, 9.17) is 18.9 Å². The number of hydrogen-bond acceptors (Lipinski definition) is 7. The summed E-state index contributed by atoms with van der Waals surface area (Å²) in [6, 6.07) is 10.1. The molecule has 3 aliphatic heterocycles. The molecule has 0 aliphatic carbocycles. The fraction of sp³-hybridized carbons (Fsp3) is 0.444. The van der Waals surface area contributed by atoms with E-state index in [1.165, 1.54) is 11.0 Å². The Balaban J connectivity index is 1.20. The summed E-state index contributed by atoms with van der Waals surface area (Å²) in [4.78, 5) is 39.6. The third kappa shape index (κ3) is 5.08. The lowest BCUT2D eigenvalue weighted by atomic mass is 10.1. The monoisotopic (exact) mass is 494 g/mol. The molecule has 2 atom stereocenters. The lowest BCUT2D eigenvalue weighted by Crippen LogP contribution is -2.36. The second-order valence-corrected chi connectivity index (χ2v) is 9.23. The summed E-state index contributed by atoms with van der Waals surface area (Å²) >= 11 is 0. The van der Waals surface area contributed by atoms with Gasteiger partial charge in [-0.1, -0.05) is 6.07 Å². The van der Waals surface area contributed by atoms with Crippen LogP contribution in [-0.2, 0) is 16.0 Å². The minimum absolute atomic E-state index is 0.103. The van der Waals surface area contributed by atoms with Crippen molar-refractivity contribution in [2.24, 2.45) is 0 Å². The quantitative estimate of drug-likeness (QED) is 0.535. The highest BCUT2D eigenvalue weighted by molar-refractivity contribution is 6.22. The molecule has 2 aromatic rings. The largest absolute Gasteiger partial charge is 0.493 e. The second-order valence-electron chi connectivity index (χ2n) is 9.23. The Morgan fingerprint density at radius 1 is 0.972 bits per heavy atom. The van der Waals surface area contributed by atoms with Crippen molar-refractivity contribution in [3.63, 3.8) is 0 Å². The molecular weight excluding hydrogens is 464 g/mol. The normalized spacial score (nSPS) is 21.1. The Labute approximate surface area is 209 Å². The number of hydrogen-bond donors (Lipinski definition) is 1. The predicted octanol–water partition coefficient (Wildman–Crippen LogP) is 2.96. The van der Waals surface area contributed by atoms with Crippen molar-refractivity contribution in [1.82, 2.24) is 10.2 Å². The number of carbonyl (C=O) groups excluding carboxylic acids is 3. The van der Waals surface area contributed by atoms with E-state index in [9.17, 15) is 14.4 Å².